The molecule has 4 rings (SSSR count). The number of ketones is 2. The smallest absolute Gasteiger partial charge is 0.200 e. The Kier molecular flexibility index (Phi) is 4.86. The maximum Gasteiger partial charge on any atom is 0.200 e. The van der Waals surface area contributed by atoms with Crippen molar-refractivity contribution in [2.24, 2.45) is 0 Å². The van der Waals surface area contributed by atoms with Gasteiger partial charge in [0, 0.05) is 18.4 Å². The minimum absolute atomic E-state index is 0.0468. The number of nitrogens with one attached hydrogen (secondary N) is 1. The maximum atomic E-state index is 13.3. The highest BCUT2D eigenvalue weighted by Crippen LogP contribution is 2.42. The van der Waals surface area contributed by atoms with Crippen LogP contribution in [-0.2, 0) is 4.74 Å². The summed E-state index contributed by atoms with van der Waals surface area (Å²) < 4.78 is 4.87. The normalized spacial score (nSPS) is 12.3. The fraction of sp³-hybridized carbons (Fsp3) is 0.0909. The number of hydrogen-bond donors (Lipinski definition) is 3. The first-order chi connectivity index (χ1) is 14.4. The Hall–Kier alpha value is -3.88. The zero-order chi connectivity index (χ0) is 21.4. The molecule has 0 saturated carbocycles. The topological polar surface area (TPSA) is 122 Å². The maximum absolute atomic E-state index is 13.3. The highest BCUT2D eigenvalue weighted by molar-refractivity contribution is 6.33. The third-order valence-corrected chi connectivity index (χ3v) is 4.82. The molecule has 0 amide bonds. The summed E-state index contributed by atoms with van der Waals surface area (Å²) >= 11 is 0. The number of methoxy groups -OCH3 is 1. The summed E-state index contributed by atoms with van der Waals surface area (Å²) in [6.45, 7) is -0.286. The van der Waals surface area contributed by atoms with Gasteiger partial charge in [0.2, 0.25) is 0 Å². The van der Waals surface area contributed by atoms with Gasteiger partial charge in [-0.2, -0.15) is 0 Å². The minimum atomic E-state index is -0.762. The van der Waals surface area contributed by atoms with Crippen LogP contribution >= 0.6 is 0 Å². The number of rotatable bonds is 5. The van der Waals surface area contributed by atoms with E-state index in [9.17, 15) is 25.0 Å². The van der Waals surface area contributed by atoms with E-state index in [2.05, 4.69) is 5.32 Å². The molecule has 8 nitrogen and oxygen atoms in total. The highest BCUT2D eigenvalue weighted by Gasteiger charge is 2.37. The lowest BCUT2D eigenvalue weighted by Crippen LogP contribution is -2.29. The number of hydrogen-bond acceptors (Lipinski definition) is 8. The molecule has 1 aliphatic rings. The zero-order valence-electron chi connectivity index (χ0n) is 15.9. The van der Waals surface area contributed by atoms with Crippen molar-refractivity contribution in [1.82, 2.24) is 0 Å². The molecule has 30 heavy (non-hydrogen) atoms. The van der Waals surface area contributed by atoms with Crippen LogP contribution in [0.4, 0.5) is 17.1 Å². The molecule has 0 atom stereocenters. The van der Waals surface area contributed by atoms with Gasteiger partial charge in [0.1, 0.15) is 12.5 Å². The van der Waals surface area contributed by atoms with E-state index >= 15 is 0 Å². The van der Waals surface area contributed by atoms with Crippen LogP contribution in [0.5, 0.6) is 11.5 Å². The van der Waals surface area contributed by atoms with Gasteiger partial charge in [0.15, 0.2) is 11.6 Å². The lowest BCUT2D eigenvalue weighted by molar-refractivity contribution is -0.268. The van der Waals surface area contributed by atoms with Gasteiger partial charge in [-0.1, -0.05) is 30.0 Å². The second-order valence-electron chi connectivity index (χ2n) is 6.68. The third kappa shape index (κ3) is 3.04. The van der Waals surface area contributed by atoms with Crippen molar-refractivity contribution in [1.29, 1.82) is 0 Å². The molecule has 0 aliphatic heterocycles. The summed E-state index contributed by atoms with van der Waals surface area (Å²) in [7, 11) is 1.34. The molecule has 0 heterocycles. The summed E-state index contributed by atoms with van der Waals surface area (Å²) in [5.41, 5.74) is -0.0812. The Morgan fingerprint density at radius 3 is 2.33 bits per heavy atom. The average molecular weight is 405 g/mol. The van der Waals surface area contributed by atoms with E-state index in [0.717, 1.165) is 0 Å². The standard InChI is InChI=1S/C22H18N2O6/c1-30-11-24(29)14-8-10-16(26)20-18(14)22(28)19-15(25)9-7-13(17(19)21(20)27)23-12-5-3-2-4-6-12/h2-10,23,25-26,29H,11H2,1H3/p-1. The number of para-hydroxylation sites is 1. The van der Waals surface area contributed by atoms with Gasteiger partial charge in [-0.3, -0.25) is 14.8 Å². The van der Waals surface area contributed by atoms with Crippen LogP contribution in [0.3, 0.4) is 0 Å². The van der Waals surface area contributed by atoms with Crippen LogP contribution < -0.4 is 15.5 Å². The molecule has 0 bridgehead atoms. The molecule has 3 aromatic carbocycles. The van der Waals surface area contributed by atoms with Crippen molar-refractivity contribution in [2.45, 2.75) is 0 Å². The van der Waals surface area contributed by atoms with Gasteiger partial charge in [0.05, 0.1) is 28.1 Å². The Morgan fingerprint density at radius 2 is 1.63 bits per heavy atom. The van der Waals surface area contributed by atoms with Gasteiger partial charge in [0.25, 0.3) is 0 Å². The largest absolute Gasteiger partial charge is 0.872 e. The van der Waals surface area contributed by atoms with Crippen molar-refractivity contribution in [3.63, 3.8) is 0 Å². The van der Waals surface area contributed by atoms with Crippen LogP contribution in [0.1, 0.15) is 31.8 Å². The summed E-state index contributed by atoms with van der Waals surface area (Å²) in [5.74, 6) is -2.51. The molecule has 3 N–H and O–H groups in total. The molecule has 0 fully saturated rings. The van der Waals surface area contributed by atoms with E-state index in [1.54, 1.807) is 24.3 Å². The highest BCUT2D eigenvalue weighted by atomic mass is 16.6. The predicted octanol–water partition coefficient (Wildman–Crippen LogP) is 2.78. The van der Waals surface area contributed by atoms with Crippen molar-refractivity contribution in [2.75, 3.05) is 24.2 Å². The van der Waals surface area contributed by atoms with Crippen LogP contribution in [0, 0.1) is 0 Å². The zero-order valence-corrected chi connectivity index (χ0v) is 15.9. The molecule has 152 valence electrons. The van der Waals surface area contributed by atoms with Gasteiger partial charge in [-0.25, -0.2) is 5.06 Å². The van der Waals surface area contributed by atoms with Gasteiger partial charge < -0.3 is 20.3 Å². The van der Waals surface area contributed by atoms with E-state index in [1.165, 1.54) is 31.4 Å². The number of phenols is 1. The molecular formula is C22H17N2O6-. The molecule has 3 aromatic rings. The number of hydroxylamine groups is 1. The van der Waals surface area contributed by atoms with Crippen molar-refractivity contribution >= 4 is 28.6 Å². The van der Waals surface area contributed by atoms with E-state index in [1.807, 2.05) is 6.07 Å². The molecule has 8 heteroatoms. The Morgan fingerprint density at radius 1 is 0.933 bits per heavy atom. The Labute approximate surface area is 171 Å². The van der Waals surface area contributed by atoms with Crippen molar-refractivity contribution < 1.29 is 29.7 Å². The van der Waals surface area contributed by atoms with E-state index < -0.39 is 23.1 Å². The van der Waals surface area contributed by atoms with E-state index in [4.69, 9.17) is 4.74 Å². The fourth-order valence-corrected chi connectivity index (χ4v) is 3.52. The Bertz CT molecular complexity index is 1160. The van der Waals surface area contributed by atoms with Crippen molar-refractivity contribution in [3.05, 3.63) is 76.9 Å². The average Bonchev–Trinajstić information content (AvgIpc) is 2.73. The summed E-state index contributed by atoms with van der Waals surface area (Å²) in [5, 5.41) is 36.8. The number of anilines is 3. The molecular weight excluding hydrogens is 388 g/mol. The quantitative estimate of drug-likeness (QED) is 0.342. The summed E-state index contributed by atoms with van der Waals surface area (Å²) in [4.78, 5) is 26.6. The monoisotopic (exact) mass is 405 g/mol. The number of ether oxygens (including phenoxy) is 1. The van der Waals surface area contributed by atoms with Crippen molar-refractivity contribution in [3.8, 4) is 11.5 Å². The van der Waals surface area contributed by atoms with Crippen LogP contribution in [-0.4, -0.2) is 35.7 Å². The first-order valence-corrected chi connectivity index (χ1v) is 9.00. The number of carbonyl (C=O) groups is 2. The van der Waals surface area contributed by atoms with Gasteiger partial charge in [-0.05, 0) is 30.3 Å². The number of phenolic OH excluding ortho intramolecular Hbond substituents is 1. The number of fused-ring (bicyclic) bond motifs is 2. The van der Waals surface area contributed by atoms with Crippen LogP contribution in [0.25, 0.3) is 0 Å². The first-order valence-electron chi connectivity index (χ1n) is 9.00. The lowest BCUT2D eigenvalue weighted by Gasteiger charge is -2.28. The van der Waals surface area contributed by atoms with Crippen LogP contribution in [0.15, 0.2) is 54.6 Å². The molecule has 0 aromatic heterocycles. The number of nitrogens with zero attached hydrogens (tertiary/aromatic N) is 1. The number of carbonyl (C=O) groups excluding carboxylic acids is 2. The first kappa shape index (κ1) is 19.4. The number of aromatic hydroxyl groups is 1. The molecule has 0 unspecified atom stereocenters. The van der Waals surface area contributed by atoms with E-state index in [0.29, 0.717) is 10.8 Å². The summed E-state index contributed by atoms with van der Waals surface area (Å²) in [6.07, 6.45) is 0. The molecule has 0 radical (unpaired) electrons. The van der Waals surface area contributed by atoms with Gasteiger partial charge in [-0.15, -0.1) is 0 Å². The summed E-state index contributed by atoms with van der Waals surface area (Å²) in [6, 6.07) is 14.1. The van der Waals surface area contributed by atoms with Crippen LogP contribution in [0.2, 0.25) is 0 Å². The second kappa shape index (κ2) is 7.51. The SMILES string of the molecule is COCN(O)c1ccc(O)c2c1C(=O)c1c([O-])ccc(Nc3ccccc3)c1C2=O. The third-order valence-electron chi connectivity index (χ3n) is 4.82. The molecule has 0 spiro atoms. The number of benzene rings is 3. The Balaban J connectivity index is 1.92. The minimum Gasteiger partial charge on any atom is -0.872 e. The predicted molar refractivity (Wildman–Crippen MR) is 107 cm³/mol. The molecule has 1 aliphatic carbocycles. The van der Waals surface area contributed by atoms with E-state index in [-0.39, 0.29) is 40.4 Å². The molecule has 0 saturated heterocycles. The second-order valence-corrected chi connectivity index (χ2v) is 6.68. The lowest BCUT2D eigenvalue weighted by atomic mass is 9.81. The fourth-order valence-electron chi connectivity index (χ4n) is 3.52. The van der Waals surface area contributed by atoms with Gasteiger partial charge >= 0.3 is 0 Å².